The van der Waals surface area contributed by atoms with Gasteiger partial charge in [-0.3, -0.25) is 4.99 Å². The number of aliphatic imine (C=N–C) groups is 1. The topological polar surface area (TPSA) is 55.3 Å². The first-order valence-corrected chi connectivity index (χ1v) is 10.1. The lowest BCUT2D eigenvalue weighted by Crippen LogP contribution is -2.39. The first kappa shape index (κ1) is 20.8. The summed E-state index contributed by atoms with van der Waals surface area (Å²) in [5.74, 6) is 3.43. The Hall–Kier alpha value is -2.89. The summed E-state index contributed by atoms with van der Waals surface area (Å²) in [6.45, 7) is 5.08. The van der Waals surface area contributed by atoms with Crippen molar-refractivity contribution in [2.24, 2.45) is 4.99 Å². The molecule has 6 nitrogen and oxygen atoms in total. The summed E-state index contributed by atoms with van der Waals surface area (Å²) in [4.78, 5) is 6.81. The summed E-state index contributed by atoms with van der Waals surface area (Å²) in [6, 6.07) is 14.7. The normalized spacial score (nSPS) is 16.6. The van der Waals surface area contributed by atoms with E-state index >= 15 is 0 Å². The Bertz CT molecular complexity index is 798. The summed E-state index contributed by atoms with van der Waals surface area (Å²) in [7, 11) is 5.11. The lowest BCUT2D eigenvalue weighted by Gasteiger charge is -2.22. The van der Waals surface area contributed by atoms with E-state index < -0.39 is 0 Å². The maximum absolute atomic E-state index is 5.68. The Morgan fingerprint density at radius 3 is 2.41 bits per heavy atom. The van der Waals surface area contributed by atoms with Gasteiger partial charge in [0.2, 0.25) is 5.75 Å². The van der Waals surface area contributed by atoms with E-state index in [1.54, 1.807) is 14.2 Å². The highest BCUT2D eigenvalue weighted by atomic mass is 16.5. The van der Waals surface area contributed by atoms with Crippen LogP contribution in [-0.2, 0) is 6.54 Å². The van der Waals surface area contributed by atoms with Gasteiger partial charge in [-0.15, -0.1) is 0 Å². The summed E-state index contributed by atoms with van der Waals surface area (Å²) >= 11 is 0. The first-order valence-electron chi connectivity index (χ1n) is 10.1. The number of ether oxygens (including phenoxy) is 3. The van der Waals surface area contributed by atoms with E-state index in [1.807, 2.05) is 26.1 Å². The summed E-state index contributed by atoms with van der Waals surface area (Å²) in [5, 5.41) is 3.48. The van der Waals surface area contributed by atoms with Gasteiger partial charge in [-0.2, -0.15) is 0 Å². The van der Waals surface area contributed by atoms with Crippen molar-refractivity contribution in [3.05, 3.63) is 53.6 Å². The molecule has 1 atom stereocenters. The van der Waals surface area contributed by atoms with Crippen LogP contribution in [0.5, 0.6) is 17.2 Å². The van der Waals surface area contributed by atoms with Crippen LogP contribution in [0.25, 0.3) is 0 Å². The Morgan fingerprint density at radius 1 is 1.14 bits per heavy atom. The largest absolute Gasteiger partial charge is 0.493 e. The van der Waals surface area contributed by atoms with Crippen molar-refractivity contribution in [2.75, 3.05) is 41.0 Å². The van der Waals surface area contributed by atoms with Gasteiger partial charge in [0.1, 0.15) is 0 Å². The average molecular weight is 398 g/mol. The fourth-order valence-corrected chi connectivity index (χ4v) is 3.79. The van der Waals surface area contributed by atoms with Gasteiger partial charge in [-0.25, -0.2) is 0 Å². The third-order valence-electron chi connectivity index (χ3n) is 5.23. The van der Waals surface area contributed by atoms with Gasteiger partial charge in [-0.1, -0.05) is 30.3 Å². The second-order valence-electron chi connectivity index (χ2n) is 7.01. The molecule has 1 saturated heterocycles. The number of hydrogen-bond donors (Lipinski definition) is 1. The Morgan fingerprint density at radius 2 is 1.83 bits per heavy atom. The van der Waals surface area contributed by atoms with Gasteiger partial charge in [0.05, 0.1) is 20.8 Å². The zero-order chi connectivity index (χ0) is 20.6. The number of likely N-dealkylation sites (tertiary alicyclic amines) is 1. The molecule has 1 N–H and O–H groups in total. The predicted molar refractivity (Wildman–Crippen MR) is 116 cm³/mol. The third kappa shape index (κ3) is 4.94. The maximum atomic E-state index is 5.68. The molecular formula is C23H31N3O3. The predicted octanol–water partition coefficient (Wildman–Crippen LogP) is 3.67. The summed E-state index contributed by atoms with van der Waals surface area (Å²) in [6.07, 6.45) is 1.13. The monoisotopic (exact) mass is 397 g/mol. The minimum atomic E-state index is 0.542. The molecule has 0 spiro atoms. The standard InChI is InChI=1S/C23H31N3O3/c1-5-29-22-20(27-3)13-17(14-21(22)28-4)15-25-23(24-2)26-12-11-19(16-26)18-9-7-6-8-10-18/h6-10,13-14,19H,5,11-12,15-16H2,1-4H3,(H,24,25). The van der Waals surface area contributed by atoms with Crippen molar-refractivity contribution < 1.29 is 14.2 Å². The van der Waals surface area contributed by atoms with Crippen LogP contribution < -0.4 is 19.5 Å². The molecule has 0 aliphatic carbocycles. The van der Waals surface area contributed by atoms with Crippen molar-refractivity contribution >= 4 is 5.96 Å². The highest BCUT2D eigenvalue weighted by Gasteiger charge is 2.26. The zero-order valence-corrected chi connectivity index (χ0v) is 17.8. The molecule has 0 aromatic heterocycles. The number of rotatable bonds is 7. The highest BCUT2D eigenvalue weighted by Crippen LogP contribution is 2.38. The molecule has 1 aliphatic heterocycles. The molecule has 2 aromatic rings. The fourth-order valence-electron chi connectivity index (χ4n) is 3.79. The smallest absolute Gasteiger partial charge is 0.203 e. The molecule has 1 aliphatic rings. The SMILES string of the molecule is CCOc1c(OC)cc(CNC(=NC)N2CCC(c3ccccc3)C2)cc1OC. The maximum Gasteiger partial charge on any atom is 0.203 e. The van der Waals surface area contributed by atoms with Crippen LogP contribution in [-0.4, -0.2) is 51.8 Å². The highest BCUT2D eigenvalue weighted by molar-refractivity contribution is 5.80. The van der Waals surface area contributed by atoms with E-state index in [2.05, 4.69) is 45.5 Å². The van der Waals surface area contributed by atoms with Crippen molar-refractivity contribution in [1.82, 2.24) is 10.2 Å². The fraction of sp³-hybridized carbons (Fsp3) is 0.435. The number of nitrogens with one attached hydrogen (secondary N) is 1. The molecule has 1 unspecified atom stereocenters. The van der Waals surface area contributed by atoms with Gasteiger partial charge >= 0.3 is 0 Å². The molecule has 0 amide bonds. The van der Waals surface area contributed by atoms with Gasteiger partial charge < -0.3 is 24.4 Å². The average Bonchev–Trinajstić information content (AvgIpc) is 3.25. The van der Waals surface area contributed by atoms with Gasteiger partial charge in [-0.05, 0) is 36.6 Å². The van der Waals surface area contributed by atoms with Crippen LogP contribution in [0.3, 0.4) is 0 Å². The summed E-state index contributed by atoms with van der Waals surface area (Å²) in [5.41, 5.74) is 2.44. The number of guanidine groups is 1. The third-order valence-corrected chi connectivity index (χ3v) is 5.23. The molecule has 6 heteroatoms. The second kappa shape index (κ2) is 10.0. The van der Waals surface area contributed by atoms with E-state index in [9.17, 15) is 0 Å². The molecular weight excluding hydrogens is 366 g/mol. The minimum absolute atomic E-state index is 0.542. The van der Waals surface area contributed by atoms with Crippen molar-refractivity contribution in [3.8, 4) is 17.2 Å². The number of nitrogens with zero attached hydrogens (tertiary/aromatic N) is 2. The molecule has 156 valence electrons. The molecule has 29 heavy (non-hydrogen) atoms. The van der Waals surface area contributed by atoms with Crippen molar-refractivity contribution in [3.63, 3.8) is 0 Å². The van der Waals surface area contributed by atoms with Crippen LogP contribution in [0.1, 0.15) is 30.4 Å². The van der Waals surface area contributed by atoms with E-state index in [1.165, 1.54) is 5.56 Å². The lowest BCUT2D eigenvalue weighted by atomic mass is 9.99. The van der Waals surface area contributed by atoms with E-state index in [0.29, 0.717) is 36.3 Å². The lowest BCUT2D eigenvalue weighted by molar-refractivity contribution is 0.288. The number of methoxy groups -OCH3 is 2. The van der Waals surface area contributed by atoms with Crippen LogP contribution >= 0.6 is 0 Å². The molecule has 3 rings (SSSR count). The molecule has 1 fully saturated rings. The van der Waals surface area contributed by atoms with Crippen LogP contribution in [0.4, 0.5) is 0 Å². The number of benzene rings is 2. The molecule has 0 saturated carbocycles. The van der Waals surface area contributed by atoms with Crippen molar-refractivity contribution in [1.29, 1.82) is 0 Å². The Balaban J connectivity index is 1.67. The second-order valence-corrected chi connectivity index (χ2v) is 7.01. The quantitative estimate of drug-likeness (QED) is 0.571. The van der Waals surface area contributed by atoms with E-state index in [0.717, 1.165) is 31.0 Å². The zero-order valence-electron chi connectivity index (χ0n) is 17.8. The van der Waals surface area contributed by atoms with Crippen LogP contribution in [0, 0.1) is 0 Å². The van der Waals surface area contributed by atoms with E-state index in [-0.39, 0.29) is 0 Å². The van der Waals surface area contributed by atoms with E-state index in [4.69, 9.17) is 14.2 Å². The van der Waals surface area contributed by atoms with Crippen LogP contribution in [0.2, 0.25) is 0 Å². The van der Waals surface area contributed by atoms with Gasteiger partial charge in [0.25, 0.3) is 0 Å². The first-order chi connectivity index (χ1) is 14.2. The van der Waals surface area contributed by atoms with Gasteiger partial charge in [0.15, 0.2) is 17.5 Å². The molecule has 0 bridgehead atoms. The molecule has 0 radical (unpaired) electrons. The minimum Gasteiger partial charge on any atom is -0.493 e. The van der Waals surface area contributed by atoms with Gasteiger partial charge in [0, 0.05) is 32.6 Å². The Kier molecular flexibility index (Phi) is 7.22. The van der Waals surface area contributed by atoms with Crippen molar-refractivity contribution in [2.45, 2.75) is 25.8 Å². The summed E-state index contributed by atoms with van der Waals surface area (Å²) < 4.78 is 16.7. The number of hydrogen-bond acceptors (Lipinski definition) is 4. The molecule has 2 aromatic carbocycles. The van der Waals surface area contributed by atoms with Crippen LogP contribution in [0.15, 0.2) is 47.5 Å². The molecule has 1 heterocycles. The Labute approximate surface area is 173 Å².